The van der Waals surface area contributed by atoms with E-state index in [2.05, 4.69) is 25.2 Å². The van der Waals surface area contributed by atoms with Gasteiger partial charge < -0.3 is 14.5 Å². The molecule has 0 spiro atoms. The van der Waals surface area contributed by atoms with E-state index in [-0.39, 0.29) is 18.3 Å². The lowest BCUT2D eigenvalue weighted by molar-refractivity contribution is 0.277. The molecule has 0 amide bonds. The first kappa shape index (κ1) is 17.7. The number of hydrogen-bond donors (Lipinski definition) is 1. The molecule has 0 saturated carbocycles. The van der Waals surface area contributed by atoms with Crippen molar-refractivity contribution in [3.05, 3.63) is 60.1 Å². The molecule has 1 aromatic carbocycles. The fraction of sp³-hybridized carbons (Fsp3) is 0.300. The van der Waals surface area contributed by atoms with Gasteiger partial charge in [-0.25, -0.2) is 9.37 Å². The zero-order chi connectivity index (χ0) is 19.8. The fourth-order valence-electron chi connectivity index (χ4n) is 3.80. The number of aromatic nitrogens is 5. The molecule has 0 aliphatic carbocycles. The third-order valence-corrected chi connectivity index (χ3v) is 5.36. The predicted octanol–water partition coefficient (Wildman–Crippen LogP) is 2.82. The van der Waals surface area contributed by atoms with Crippen LogP contribution in [0.5, 0.6) is 0 Å². The summed E-state index contributed by atoms with van der Waals surface area (Å²) in [6, 6.07) is 8.32. The van der Waals surface area contributed by atoms with E-state index in [0.29, 0.717) is 17.1 Å². The van der Waals surface area contributed by atoms with Gasteiger partial charge in [0.15, 0.2) is 17.2 Å². The van der Waals surface area contributed by atoms with E-state index in [0.717, 1.165) is 42.8 Å². The number of hydrogen-bond acceptors (Lipinski definition) is 7. The van der Waals surface area contributed by atoms with Crippen LogP contribution in [0, 0.1) is 5.82 Å². The van der Waals surface area contributed by atoms with Crippen LogP contribution in [0.4, 0.5) is 10.2 Å². The molecule has 148 valence electrons. The number of benzene rings is 1. The van der Waals surface area contributed by atoms with E-state index in [1.54, 1.807) is 23.2 Å². The minimum Gasteiger partial charge on any atom is -0.390 e. The molecule has 4 aromatic rings. The predicted molar refractivity (Wildman–Crippen MR) is 103 cm³/mol. The molecule has 8 nitrogen and oxygen atoms in total. The average molecular weight is 394 g/mol. The van der Waals surface area contributed by atoms with Crippen molar-refractivity contribution in [3.8, 4) is 5.82 Å². The van der Waals surface area contributed by atoms with Crippen LogP contribution in [0.15, 0.2) is 47.4 Å². The first-order valence-corrected chi connectivity index (χ1v) is 9.49. The molecule has 3 aromatic heterocycles. The lowest BCUT2D eigenvalue weighted by Crippen LogP contribution is -2.33. The van der Waals surface area contributed by atoms with Crippen molar-refractivity contribution in [1.82, 2.24) is 24.9 Å². The van der Waals surface area contributed by atoms with E-state index in [1.807, 2.05) is 12.1 Å². The Labute approximate surface area is 165 Å². The molecule has 0 atom stereocenters. The number of aliphatic hydroxyl groups excluding tert-OH is 1. The number of fused-ring (bicyclic) bond motifs is 1. The quantitative estimate of drug-likeness (QED) is 0.569. The topological polar surface area (TPSA) is 93.1 Å². The van der Waals surface area contributed by atoms with Gasteiger partial charge in [-0.15, -0.1) is 10.2 Å². The van der Waals surface area contributed by atoms with Gasteiger partial charge in [-0.2, -0.15) is 0 Å². The van der Waals surface area contributed by atoms with Crippen LogP contribution in [0.3, 0.4) is 0 Å². The summed E-state index contributed by atoms with van der Waals surface area (Å²) in [5, 5.41) is 22.7. The van der Waals surface area contributed by atoms with Crippen LogP contribution in [0.2, 0.25) is 0 Å². The molecule has 1 N–H and O–H groups in total. The molecule has 9 heteroatoms. The van der Waals surface area contributed by atoms with Crippen LogP contribution < -0.4 is 4.90 Å². The third-order valence-electron chi connectivity index (χ3n) is 5.36. The Hall–Kier alpha value is -3.33. The Kier molecular flexibility index (Phi) is 4.44. The van der Waals surface area contributed by atoms with E-state index < -0.39 is 0 Å². The summed E-state index contributed by atoms with van der Waals surface area (Å²) in [5.74, 6) is 1.40. The van der Waals surface area contributed by atoms with Gasteiger partial charge in [-0.3, -0.25) is 4.57 Å². The van der Waals surface area contributed by atoms with Crippen LogP contribution in [0.25, 0.3) is 16.8 Å². The van der Waals surface area contributed by atoms with Gasteiger partial charge in [-0.05, 0) is 43.2 Å². The standard InChI is InChI=1S/C20H19FN6O2/c21-14-1-2-17-16(9-14)20(25-29-17)13-5-7-26(8-6-13)18-3-4-19(24-23-18)27-10-15(11-28)22-12-27/h1-4,9-10,12-13,28H,5-8,11H2. The van der Waals surface area contributed by atoms with E-state index >= 15 is 0 Å². The number of nitrogens with zero attached hydrogens (tertiary/aromatic N) is 6. The molecule has 0 unspecified atom stereocenters. The molecular formula is C20H19FN6O2. The molecule has 5 rings (SSSR count). The van der Waals surface area contributed by atoms with E-state index in [9.17, 15) is 4.39 Å². The summed E-state index contributed by atoms with van der Waals surface area (Å²) in [6.45, 7) is 1.51. The summed E-state index contributed by atoms with van der Waals surface area (Å²) in [6.07, 6.45) is 5.08. The average Bonchev–Trinajstić information content (AvgIpc) is 3.41. The minimum atomic E-state index is -0.279. The third kappa shape index (κ3) is 3.33. The maximum Gasteiger partial charge on any atom is 0.167 e. The molecule has 1 saturated heterocycles. The van der Waals surface area contributed by atoms with Crippen LogP contribution in [-0.2, 0) is 6.61 Å². The lowest BCUT2D eigenvalue weighted by atomic mass is 9.91. The smallest absolute Gasteiger partial charge is 0.167 e. The number of piperidine rings is 1. The molecule has 0 bridgehead atoms. The van der Waals surface area contributed by atoms with Crippen molar-refractivity contribution < 1.29 is 14.0 Å². The van der Waals surface area contributed by atoms with Crippen LogP contribution >= 0.6 is 0 Å². The number of rotatable bonds is 4. The van der Waals surface area contributed by atoms with Crippen molar-refractivity contribution in [3.63, 3.8) is 0 Å². The summed E-state index contributed by atoms with van der Waals surface area (Å²) in [7, 11) is 0. The van der Waals surface area contributed by atoms with Gasteiger partial charge in [-0.1, -0.05) is 5.16 Å². The van der Waals surface area contributed by atoms with Crippen LogP contribution in [0.1, 0.15) is 30.1 Å². The summed E-state index contributed by atoms with van der Waals surface area (Å²) >= 11 is 0. The molecule has 29 heavy (non-hydrogen) atoms. The highest BCUT2D eigenvalue weighted by molar-refractivity contribution is 5.80. The van der Waals surface area contributed by atoms with Gasteiger partial charge >= 0.3 is 0 Å². The SMILES string of the molecule is OCc1cn(-c2ccc(N3CCC(c4noc5ccc(F)cc45)CC3)nn2)cn1. The Morgan fingerprint density at radius 1 is 1.10 bits per heavy atom. The Morgan fingerprint density at radius 3 is 2.62 bits per heavy atom. The first-order chi connectivity index (χ1) is 14.2. The van der Waals surface area contributed by atoms with E-state index in [4.69, 9.17) is 9.63 Å². The Bertz CT molecular complexity index is 1130. The van der Waals surface area contributed by atoms with E-state index in [1.165, 1.54) is 12.1 Å². The maximum absolute atomic E-state index is 13.6. The molecular weight excluding hydrogens is 375 g/mol. The van der Waals surface area contributed by atoms with Crippen LogP contribution in [-0.4, -0.2) is 43.1 Å². The van der Waals surface area contributed by atoms with Crippen molar-refractivity contribution >= 4 is 16.8 Å². The lowest BCUT2D eigenvalue weighted by Gasteiger charge is -2.31. The number of anilines is 1. The highest BCUT2D eigenvalue weighted by atomic mass is 19.1. The van der Waals surface area contributed by atoms with Gasteiger partial charge in [0.1, 0.15) is 12.1 Å². The zero-order valence-corrected chi connectivity index (χ0v) is 15.6. The van der Waals surface area contributed by atoms with Gasteiger partial charge in [0.05, 0.1) is 18.0 Å². The number of aliphatic hydroxyl groups is 1. The maximum atomic E-state index is 13.6. The van der Waals surface area contributed by atoms with Crippen molar-refractivity contribution in [1.29, 1.82) is 0 Å². The molecule has 1 aliphatic heterocycles. The summed E-state index contributed by atoms with van der Waals surface area (Å²) in [5.41, 5.74) is 2.03. The summed E-state index contributed by atoms with van der Waals surface area (Å²) < 4.78 is 20.7. The second-order valence-electron chi connectivity index (χ2n) is 7.15. The molecule has 1 fully saturated rings. The number of imidazole rings is 1. The minimum absolute atomic E-state index is 0.110. The van der Waals surface area contributed by atoms with Crippen molar-refractivity contribution in [2.75, 3.05) is 18.0 Å². The highest BCUT2D eigenvalue weighted by Crippen LogP contribution is 2.33. The molecule has 0 radical (unpaired) electrons. The van der Waals surface area contributed by atoms with Crippen molar-refractivity contribution in [2.24, 2.45) is 0 Å². The zero-order valence-electron chi connectivity index (χ0n) is 15.6. The normalized spacial score (nSPS) is 15.3. The van der Waals surface area contributed by atoms with Gasteiger partial charge in [0.2, 0.25) is 0 Å². The first-order valence-electron chi connectivity index (χ1n) is 9.49. The largest absolute Gasteiger partial charge is 0.390 e. The van der Waals surface area contributed by atoms with Crippen molar-refractivity contribution in [2.45, 2.75) is 25.4 Å². The van der Waals surface area contributed by atoms with Gasteiger partial charge in [0, 0.05) is 30.6 Å². The molecule has 1 aliphatic rings. The Morgan fingerprint density at radius 2 is 1.90 bits per heavy atom. The fourth-order valence-corrected chi connectivity index (χ4v) is 3.80. The highest BCUT2D eigenvalue weighted by Gasteiger charge is 2.26. The Balaban J connectivity index is 1.28. The second-order valence-corrected chi connectivity index (χ2v) is 7.15. The number of halogens is 1. The second kappa shape index (κ2) is 7.25. The molecule has 4 heterocycles. The van der Waals surface area contributed by atoms with Gasteiger partial charge in [0.25, 0.3) is 0 Å². The summed E-state index contributed by atoms with van der Waals surface area (Å²) in [4.78, 5) is 6.26. The monoisotopic (exact) mass is 394 g/mol.